The van der Waals surface area contributed by atoms with Crippen LogP contribution in [-0.2, 0) is 28.5 Å². The monoisotopic (exact) mass is 615 g/mol. The molecule has 9 heteroatoms. The van der Waals surface area contributed by atoms with E-state index in [9.17, 15) is 9.59 Å². The Hall–Kier alpha value is -1.26. The van der Waals surface area contributed by atoms with Crippen molar-refractivity contribution in [3.8, 4) is 0 Å². The van der Waals surface area contributed by atoms with E-state index in [2.05, 4.69) is 35.6 Å². The topological polar surface area (TPSA) is 80.8 Å². The van der Waals surface area contributed by atoms with Crippen molar-refractivity contribution in [2.24, 2.45) is 34.5 Å². The average molecular weight is 616 g/mol. The number of ether oxygens (including phenoxy) is 4. The Kier molecular flexibility index (Phi) is 8.38. The second kappa shape index (κ2) is 11.8. The fourth-order valence-corrected chi connectivity index (χ4v) is 11.8. The molecule has 1 spiro atoms. The number of rotatable bonds is 4. The minimum absolute atomic E-state index is 0.0203. The first kappa shape index (κ1) is 31.3. The number of carbonyl (C=O) groups excluding carboxylic acids is 2. The molecule has 3 aliphatic heterocycles. The number of likely N-dealkylation sites (tertiary alicyclic amines) is 1. The summed E-state index contributed by atoms with van der Waals surface area (Å²) in [6.45, 7) is 15.7. The van der Waals surface area contributed by atoms with E-state index in [4.69, 9.17) is 18.9 Å². The maximum Gasteiger partial charge on any atom is 0.302 e. The zero-order chi connectivity index (χ0) is 30.9. The van der Waals surface area contributed by atoms with Crippen LogP contribution in [0.5, 0.6) is 0 Å². The molecule has 0 radical (unpaired) electrons. The van der Waals surface area contributed by atoms with E-state index >= 15 is 0 Å². The Bertz CT molecular complexity index is 1080. The van der Waals surface area contributed by atoms with Crippen molar-refractivity contribution in [2.75, 3.05) is 59.5 Å². The smallest absolute Gasteiger partial charge is 0.302 e. The predicted molar refractivity (Wildman–Crippen MR) is 166 cm³/mol. The van der Waals surface area contributed by atoms with Gasteiger partial charge in [-0.1, -0.05) is 13.8 Å². The standard InChI is InChI=1S/C35H57N3O6/c1-23(39)43-31-20-25-6-7-26-27(34(25,4)22-30(31)37-12-10-35(11-13-37)41-18-19-42-35)8-9-33(3)28(26)21-29(32(33)44-24(2)40)38-16-14-36(5)15-17-38/h25-32H,6-22H2,1-5H3/t25-,26+,27-,28-,29-,30-,31-,32-,33-,34-/m0/s1. The lowest BCUT2D eigenvalue weighted by Gasteiger charge is -2.62. The lowest BCUT2D eigenvalue weighted by molar-refractivity contribution is -0.205. The van der Waals surface area contributed by atoms with Crippen molar-refractivity contribution < 1.29 is 28.5 Å². The molecule has 7 fully saturated rings. The predicted octanol–water partition coefficient (Wildman–Crippen LogP) is 3.94. The summed E-state index contributed by atoms with van der Waals surface area (Å²) in [7, 11) is 2.21. The highest BCUT2D eigenvalue weighted by molar-refractivity contribution is 5.66. The van der Waals surface area contributed by atoms with E-state index in [0.717, 1.165) is 77.8 Å². The summed E-state index contributed by atoms with van der Waals surface area (Å²) < 4.78 is 24.5. The molecule has 0 unspecified atom stereocenters. The minimum Gasteiger partial charge on any atom is -0.461 e. The Balaban J connectivity index is 1.13. The zero-order valence-electron chi connectivity index (χ0n) is 27.9. The van der Waals surface area contributed by atoms with E-state index in [1.807, 2.05) is 0 Å². The highest BCUT2D eigenvalue weighted by Crippen LogP contribution is 2.67. The average Bonchev–Trinajstić information content (AvgIpc) is 3.55. The number of carbonyl (C=O) groups is 2. The number of likely N-dealkylation sites (N-methyl/N-ethyl adjacent to an activating group) is 1. The molecule has 0 N–H and O–H groups in total. The number of nitrogens with zero attached hydrogens (tertiary/aromatic N) is 3. The first-order valence-corrected chi connectivity index (χ1v) is 17.8. The highest BCUT2D eigenvalue weighted by atomic mass is 16.7. The summed E-state index contributed by atoms with van der Waals surface area (Å²) >= 11 is 0. The van der Waals surface area contributed by atoms with Crippen molar-refractivity contribution in [2.45, 2.75) is 116 Å². The van der Waals surface area contributed by atoms with Gasteiger partial charge in [0, 0.05) is 83.5 Å². The van der Waals surface area contributed by atoms with Crippen LogP contribution in [0, 0.1) is 34.5 Å². The third-order valence-electron chi connectivity index (χ3n) is 14.1. The van der Waals surface area contributed by atoms with E-state index in [1.165, 1.54) is 19.3 Å². The summed E-state index contributed by atoms with van der Waals surface area (Å²) in [4.78, 5) is 32.5. The molecular weight excluding hydrogens is 558 g/mol. The summed E-state index contributed by atoms with van der Waals surface area (Å²) in [5.74, 6) is 1.77. The SMILES string of the molecule is CC(=O)O[C@H]1C[C@@H]2CC[C@@H]3[C@H](CC[C@@]4(C)[C@H]3C[C@H](N3CCN(C)CC3)[C@@H]4OC(C)=O)[C@@]2(C)C[C@@H]1N1CCC2(CC1)OCCO2. The Morgan fingerprint density at radius 1 is 0.727 bits per heavy atom. The second-order valence-corrected chi connectivity index (χ2v) is 16.2. The van der Waals surface area contributed by atoms with Gasteiger partial charge in [-0.05, 0) is 81.1 Å². The van der Waals surface area contributed by atoms with Gasteiger partial charge >= 0.3 is 11.9 Å². The summed E-state index contributed by atoms with van der Waals surface area (Å²) in [5, 5.41) is 0. The molecule has 4 aliphatic carbocycles. The molecule has 44 heavy (non-hydrogen) atoms. The quantitative estimate of drug-likeness (QED) is 0.437. The van der Waals surface area contributed by atoms with Crippen molar-refractivity contribution in [1.82, 2.24) is 14.7 Å². The minimum atomic E-state index is -0.403. The second-order valence-electron chi connectivity index (χ2n) is 16.2. The molecule has 7 rings (SSSR count). The molecule has 7 aliphatic rings. The van der Waals surface area contributed by atoms with Crippen molar-refractivity contribution in [3.05, 3.63) is 0 Å². The van der Waals surface area contributed by atoms with Crippen LogP contribution < -0.4 is 0 Å². The maximum absolute atomic E-state index is 12.5. The normalized spacial score (nSPS) is 46.2. The number of fused-ring (bicyclic) bond motifs is 5. The molecule has 9 nitrogen and oxygen atoms in total. The molecule has 0 aromatic rings. The largest absolute Gasteiger partial charge is 0.461 e. The number of piperazine rings is 1. The van der Waals surface area contributed by atoms with Gasteiger partial charge in [-0.25, -0.2) is 0 Å². The molecule has 10 atom stereocenters. The van der Waals surface area contributed by atoms with Crippen LogP contribution in [0.25, 0.3) is 0 Å². The Morgan fingerprint density at radius 3 is 2.05 bits per heavy atom. The van der Waals surface area contributed by atoms with Crippen molar-refractivity contribution in [3.63, 3.8) is 0 Å². The van der Waals surface area contributed by atoms with Crippen LogP contribution in [-0.4, -0.2) is 116 Å². The van der Waals surface area contributed by atoms with Gasteiger partial charge in [0.05, 0.1) is 13.2 Å². The fraction of sp³-hybridized carbons (Fsp3) is 0.943. The van der Waals surface area contributed by atoms with E-state index < -0.39 is 5.79 Å². The molecule has 4 saturated carbocycles. The maximum atomic E-state index is 12.5. The molecule has 0 bridgehead atoms. The van der Waals surface area contributed by atoms with Crippen molar-refractivity contribution in [1.29, 1.82) is 0 Å². The van der Waals surface area contributed by atoms with Gasteiger partial charge in [-0.15, -0.1) is 0 Å². The number of esters is 2. The van der Waals surface area contributed by atoms with Crippen LogP contribution in [0.1, 0.15) is 85.5 Å². The zero-order valence-corrected chi connectivity index (χ0v) is 27.9. The molecule has 0 aromatic carbocycles. The first-order chi connectivity index (χ1) is 21.0. The molecule has 0 aromatic heterocycles. The summed E-state index contributed by atoms with van der Waals surface area (Å²) in [6.07, 6.45) is 9.68. The van der Waals surface area contributed by atoms with Gasteiger partial charge in [0.1, 0.15) is 12.2 Å². The number of piperidine rings is 1. The lowest BCUT2D eigenvalue weighted by Crippen LogP contribution is -2.62. The van der Waals surface area contributed by atoms with Gasteiger partial charge in [-0.3, -0.25) is 19.4 Å². The van der Waals surface area contributed by atoms with E-state index in [1.54, 1.807) is 13.8 Å². The number of hydrogen-bond donors (Lipinski definition) is 0. The van der Waals surface area contributed by atoms with Crippen LogP contribution in [0.4, 0.5) is 0 Å². The van der Waals surface area contributed by atoms with E-state index in [-0.39, 0.29) is 41.0 Å². The third kappa shape index (κ3) is 5.34. The number of hydrogen-bond acceptors (Lipinski definition) is 9. The Morgan fingerprint density at radius 2 is 1.39 bits per heavy atom. The molecule has 248 valence electrons. The van der Waals surface area contributed by atoms with Crippen LogP contribution in [0.2, 0.25) is 0 Å². The van der Waals surface area contributed by atoms with Gasteiger partial charge in [0.25, 0.3) is 0 Å². The molecule has 3 saturated heterocycles. The molecular formula is C35H57N3O6. The van der Waals surface area contributed by atoms with Gasteiger partial charge < -0.3 is 23.8 Å². The molecule has 0 amide bonds. The van der Waals surface area contributed by atoms with Crippen LogP contribution in [0.15, 0.2) is 0 Å². The van der Waals surface area contributed by atoms with Gasteiger partial charge in [0.2, 0.25) is 0 Å². The lowest BCUT2D eigenvalue weighted by atomic mass is 9.44. The van der Waals surface area contributed by atoms with Crippen LogP contribution in [0.3, 0.4) is 0 Å². The van der Waals surface area contributed by atoms with Gasteiger partial charge in [-0.2, -0.15) is 0 Å². The van der Waals surface area contributed by atoms with Crippen molar-refractivity contribution >= 4 is 11.9 Å². The van der Waals surface area contributed by atoms with Crippen LogP contribution >= 0.6 is 0 Å². The highest BCUT2D eigenvalue weighted by Gasteiger charge is 2.65. The first-order valence-electron chi connectivity index (χ1n) is 17.8. The van der Waals surface area contributed by atoms with Gasteiger partial charge in [0.15, 0.2) is 5.79 Å². The third-order valence-corrected chi connectivity index (χ3v) is 14.1. The Labute approximate surface area is 264 Å². The summed E-state index contributed by atoms with van der Waals surface area (Å²) in [5.41, 5.74) is 0.241. The fourth-order valence-electron chi connectivity index (χ4n) is 11.8. The van der Waals surface area contributed by atoms with E-state index in [0.29, 0.717) is 42.9 Å². The summed E-state index contributed by atoms with van der Waals surface area (Å²) in [6, 6.07) is 0.557. The molecule has 3 heterocycles.